The van der Waals surface area contributed by atoms with Crippen molar-refractivity contribution in [1.82, 2.24) is 14.9 Å². The molecule has 0 aliphatic carbocycles. The largest absolute Gasteiger partial charge is 0.489 e. The van der Waals surface area contributed by atoms with Crippen molar-refractivity contribution in [3.8, 4) is 5.75 Å². The second-order valence-corrected chi connectivity index (χ2v) is 8.59. The van der Waals surface area contributed by atoms with Crippen LogP contribution in [-0.2, 0) is 17.9 Å². The zero-order valence-electron chi connectivity index (χ0n) is 17.7. The van der Waals surface area contributed by atoms with Crippen molar-refractivity contribution in [2.45, 2.75) is 39.2 Å². The SMILES string of the molecule is CC1CN(Cc2csc(NC(=O)c3cccc(OCc4cccnc4)c3)n2)CC(C)O1. The first kappa shape index (κ1) is 21.4. The molecule has 1 amide bonds. The van der Waals surface area contributed by atoms with Crippen LogP contribution >= 0.6 is 11.3 Å². The minimum absolute atomic E-state index is 0.207. The van der Waals surface area contributed by atoms with Gasteiger partial charge < -0.3 is 9.47 Å². The molecule has 4 rings (SSSR count). The molecule has 1 saturated heterocycles. The summed E-state index contributed by atoms with van der Waals surface area (Å²) in [5, 5.41) is 5.48. The van der Waals surface area contributed by atoms with Crippen molar-refractivity contribution < 1.29 is 14.3 Å². The average Bonchev–Trinajstić information content (AvgIpc) is 3.19. The van der Waals surface area contributed by atoms with Crippen molar-refractivity contribution in [3.63, 3.8) is 0 Å². The number of amides is 1. The number of hydrogen-bond donors (Lipinski definition) is 1. The summed E-state index contributed by atoms with van der Waals surface area (Å²) in [6, 6.07) is 10.9. The number of hydrogen-bond acceptors (Lipinski definition) is 7. The van der Waals surface area contributed by atoms with E-state index < -0.39 is 0 Å². The van der Waals surface area contributed by atoms with Gasteiger partial charge in [-0.3, -0.25) is 20.0 Å². The number of benzene rings is 1. The van der Waals surface area contributed by atoms with Gasteiger partial charge >= 0.3 is 0 Å². The van der Waals surface area contributed by atoms with Crippen LogP contribution in [0.25, 0.3) is 0 Å². The zero-order valence-corrected chi connectivity index (χ0v) is 18.5. The molecule has 3 heterocycles. The Labute approximate surface area is 186 Å². The lowest BCUT2D eigenvalue weighted by Gasteiger charge is -2.34. The first-order valence-electron chi connectivity index (χ1n) is 10.3. The van der Waals surface area contributed by atoms with Crippen LogP contribution in [0.2, 0.25) is 0 Å². The van der Waals surface area contributed by atoms with Crippen LogP contribution in [0.5, 0.6) is 5.75 Å². The molecule has 0 radical (unpaired) electrons. The Kier molecular flexibility index (Phi) is 6.91. The number of carbonyl (C=O) groups is 1. The Morgan fingerprint density at radius 1 is 1.26 bits per heavy atom. The van der Waals surface area contributed by atoms with Gasteiger partial charge in [0.1, 0.15) is 12.4 Å². The van der Waals surface area contributed by atoms with Crippen LogP contribution in [0.3, 0.4) is 0 Å². The minimum Gasteiger partial charge on any atom is -0.489 e. The lowest BCUT2D eigenvalue weighted by atomic mass is 10.2. The Bertz CT molecular complexity index is 1000. The van der Waals surface area contributed by atoms with Crippen LogP contribution in [-0.4, -0.2) is 46.1 Å². The van der Waals surface area contributed by atoms with Gasteiger partial charge in [-0.15, -0.1) is 11.3 Å². The number of rotatable bonds is 7. The van der Waals surface area contributed by atoms with Crippen molar-refractivity contribution in [3.05, 3.63) is 71.0 Å². The van der Waals surface area contributed by atoms with Crippen LogP contribution in [0, 0.1) is 0 Å². The minimum atomic E-state index is -0.207. The number of morpholine rings is 1. The van der Waals surface area contributed by atoms with E-state index in [1.54, 1.807) is 24.5 Å². The van der Waals surface area contributed by atoms with E-state index >= 15 is 0 Å². The first-order valence-corrected chi connectivity index (χ1v) is 11.2. The number of thiazole rings is 1. The fraction of sp³-hybridized carbons (Fsp3) is 0.348. The molecule has 1 fully saturated rings. The van der Waals surface area contributed by atoms with Gasteiger partial charge in [-0.25, -0.2) is 4.98 Å². The Morgan fingerprint density at radius 3 is 2.87 bits per heavy atom. The van der Waals surface area contributed by atoms with Crippen molar-refractivity contribution >= 4 is 22.4 Å². The van der Waals surface area contributed by atoms with Crippen molar-refractivity contribution in [2.75, 3.05) is 18.4 Å². The van der Waals surface area contributed by atoms with E-state index in [-0.39, 0.29) is 18.1 Å². The Morgan fingerprint density at radius 2 is 2.10 bits per heavy atom. The van der Waals surface area contributed by atoms with Gasteiger partial charge in [-0.2, -0.15) is 0 Å². The second kappa shape index (κ2) is 10.00. The number of pyridine rings is 1. The van der Waals surface area contributed by atoms with Crippen LogP contribution in [0.1, 0.15) is 35.5 Å². The number of ether oxygens (including phenoxy) is 2. The highest BCUT2D eigenvalue weighted by Gasteiger charge is 2.23. The van der Waals surface area contributed by atoms with E-state index in [1.807, 2.05) is 29.6 Å². The van der Waals surface area contributed by atoms with Gasteiger partial charge in [-0.1, -0.05) is 12.1 Å². The molecule has 162 valence electrons. The van der Waals surface area contributed by atoms with Gasteiger partial charge in [0.25, 0.3) is 5.91 Å². The molecule has 1 N–H and O–H groups in total. The third-order valence-corrected chi connectivity index (χ3v) is 5.68. The molecule has 3 aromatic rings. The highest BCUT2D eigenvalue weighted by atomic mass is 32.1. The highest BCUT2D eigenvalue weighted by Crippen LogP contribution is 2.21. The Hall–Kier alpha value is -2.81. The molecular formula is C23H26N4O3S. The molecule has 7 nitrogen and oxygen atoms in total. The van der Waals surface area contributed by atoms with E-state index in [1.165, 1.54) is 11.3 Å². The van der Waals surface area contributed by atoms with Gasteiger partial charge in [0.15, 0.2) is 5.13 Å². The van der Waals surface area contributed by atoms with Gasteiger partial charge in [0.2, 0.25) is 0 Å². The Balaban J connectivity index is 1.33. The lowest BCUT2D eigenvalue weighted by molar-refractivity contribution is -0.0707. The topological polar surface area (TPSA) is 76.6 Å². The first-order chi connectivity index (χ1) is 15.0. The van der Waals surface area contributed by atoms with E-state index in [0.717, 1.165) is 30.9 Å². The predicted octanol–water partition coefficient (Wildman–Crippen LogP) is 3.98. The normalized spacial score (nSPS) is 19.2. The molecule has 2 aromatic heterocycles. The fourth-order valence-electron chi connectivity index (χ4n) is 3.63. The number of nitrogens with one attached hydrogen (secondary N) is 1. The summed E-state index contributed by atoms with van der Waals surface area (Å²) in [5.41, 5.74) is 2.45. The monoisotopic (exact) mass is 438 g/mol. The second-order valence-electron chi connectivity index (χ2n) is 7.73. The number of carbonyl (C=O) groups excluding carboxylic acids is 1. The summed E-state index contributed by atoms with van der Waals surface area (Å²) in [5.74, 6) is 0.424. The summed E-state index contributed by atoms with van der Waals surface area (Å²) < 4.78 is 11.6. The number of anilines is 1. The summed E-state index contributed by atoms with van der Waals surface area (Å²) >= 11 is 1.44. The molecule has 1 aliphatic heterocycles. The molecular weight excluding hydrogens is 412 g/mol. The summed E-state index contributed by atoms with van der Waals surface area (Å²) in [4.78, 5) is 23.7. The summed E-state index contributed by atoms with van der Waals surface area (Å²) in [7, 11) is 0. The summed E-state index contributed by atoms with van der Waals surface area (Å²) in [6.45, 7) is 7.09. The third-order valence-electron chi connectivity index (χ3n) is 4.88. The lowest BCUT2D eigenvalue weighted by Crippen LogP contribution is -2.44. The third kappa shape index (κ3) is 6.10. The van der Waals surface area contributed by atoms with E-state index in [0.29, 0.717) is 23.1 Å². The molecule has 0 saturated carbocycles. The van der Waals surface area contributed by atoms with Crippen LogP contribution < -0.4 is 10.1 Å². The van der Waals surface area contributed by atoms with Crippen molar-refractivity contribution in [1.29, 1.82) is 0 Å². The smallest absolute Gasteiger partial charge is 0.257 e. The van der Waals surface area contributed by atoms with E-state index in [2.05, 4.69) is 34.0 Å². The molecule has 8 heteroatoms. The van der Waals surface area contributed by atoms with Crippen LogP contribution in [0.4, 0.5) is 5.13 Å². The molecule has 2 unspecified atom stereocenters. The quantitative estimate of drug-likeness (QED) is 0.601. The van der Waals surface area contributed by atoms with Crippen LogP contribution in [0.15, 0.2) is 54.2 Å². The molecule has 0 spiro atoms. The zero-order chi connectivity index (χ0) is 21.6. The van der Waals surface area contributed by atoms with Gasteiger partial charge in [0.05, 0.1) is 17.9 Å². The molecule has 31 heavy (non-hydrogen) atoms. The maximum atomic E-state index is 12.7. The maximum Gasteiger partial charge on any atom is 0.257 e. The maximum absolute atomic E-state index is 12.7. The fourth-order valence-corrected chi connectivity index (χ4v) is 4.32. The molecule has 2 atom stereocenters. The number of aromatic nitrogens is 2. The van der Waals surface area contributed by atoms with E-state index in [9.17, 15) is 4.79 Å². The molecule has 1 aliphatic rings. The summed E-state index contributed by atoms with van der Waals surface area (Å²) in [6.07, 6.45) is 3.92. The number of nitrogens with zero attached hydrogens (tertiary/aromatic N) is 3. The average molecular weight is 439 g/mol. The van der Waals surface area contributed by atoms with Gasteiger partial charge in [0, 0.05) is 48.5 Å². The van der Waals surface area contributed by atoms with Gasteiger partial charge in [-0.05, 0) is 38.1 Å². The standard InChI is InChI=1S/C23H26N4O3S/c1-16-11-27(12-17(2)30-16)13-20-15-31-23(25-20)26-22(28)19-6-3-7-21(9-19)29-14-18-5-4-8-24-10-18/h3-10,15-17H,11-14H2,1-2H3,(H,25,26,28). The van der Waals surface area contributed by atoms with E-state index in [4.69, 9.17) is 9.47 Å². The highest BCUT2D eigenvalue weighted by molar-refractivity contribution is 7.14. The predicted molar refractivity (Wildman–Crippen MR) is 120 cm³/mol. The van der Waals surface area contributed by atoms with Crippen molar-refractivity contribution in [2.24, 2.45) is 0 Å². The molecule has 1 aromatic carbocycles. The molecule has 0 bridgehead atoms.